The number of aromatic nitrogens is 3. The summed E-state index contributed by atoms with van der Waals surface area (Å²) in [4.78, 5) is 21.9. The van der Waals surface area contributed by atoms with Crippen molar-refractivity contribution in [1.29, 1.82) is 0 Å². The molecule has 2 aromatic heterocycles. The first kappa shape index (κ1) is 13.6. The maximum Gasteiger partial charge on any atom is 0.388 e. The van der Waals surface area contributed by atoms with Crippen molar-refractivity contribution in [1.82, 2.24) is 15.0 Å². The lowest BCUT2D eigenvalue weighted by molar-refractivity contribution is -0.0528. The van der Waals surface area contributed by atoms with Crippen LogP contribution in [0.15, 0.2) is 30.6 Å². The molecule has 0 atom stereocenters. The van der Waals surface area contributed by atoms with Gasteiger partial charge in [-0.05, 0) is 12.1 Å². The van der Waals surface area contributed by atoms with Crippen LogP contribution in [0.3, 0.4) is 0 Å². The van der Waals surface area contributed by atoms with Gasteiger partial charge in [-0.25, -0.2) is 19.7 Å². The minimum Gasteiger partial charge on any atom is -0.477 e. The Hall–Kier alpha value is -2.84. The van der Waals surface area contributed by atoms with Crippen molar-refractivity contribution in [3.8, 4) is 5.88 Å². The standard InChI is InChI=1S/C11H8F2N4O3/c12-10(13)20-8-2-1-6(5-15-8)16-11-14-4-3-7(17-11)9(18)19/h1-5,10H,(H,18,19)(H,14,16,17). The van der Waals surface area contributed by atoms with Crippen LogP contribution in [0, 0.1) is 0 Å². The van der Waals surface area contributed by atoms with Gasteiger partial charge in [-0.3, -0.25) is 0 Å². The van der Waals surface area contributed by atoms with Gasteiger partial charge in [-0.15, -0.1) is 0 Å². The number of rotatable bonds is 5. The molecule has 0 saturated heterocycles. The molecule has 2 heterocycles. The number of alkyl halides is 2. The minimum atomic E-state index is -2.95. The molecule has 9 heteroatoms. The van der Waals surface area contributed by atoms with Crippen molar-refractivity contribution in [3.63, 3.8) is 0 Å². The number of carbonyl (C=O) groups is 1. The van der Waals surface area contributed by atoms with Crippen molar-refractivity contribution in [2.75, 3.05) is 5.32 Å². The number of ether oxygens (including phenoxy) is 1. The highest BCUT2D eigenvalue weighted by atomic mass is 19.3. The van der Waals surface area contributed by atoms with E-state index in [1.165, 1.54) is 30.6 Å². The highest BCUT2D eigenvalue weighted by molar-refractivity contribution is 5.85. The summed E-state index contributed by atoms with van der Waals surface area (Å²) < 4.78 is 28.0. The van der Waals surface area contributed by atoms with Gasteiger partial charge in [0.15, 0.2) is 5.69 Å². The van der Waals surface area contributed by atoms with Crippen LogP contribution in [0.1, 0.15) is 10.5 Å². The van der Waals surface area contributed by atoms with Gasteiger partial charge in [0.1, 0.15) is 0 Å². The Kier molecular flexibility index (Phi) is 3.99. The lowest BCUT2D eigenvalue weighted by Crippen LogP contribution is -2.05. The maximum absolute atomic E-state index is 11.9. The van der Waals surface area contributed by atoms with Crippen molar-refractivity contribution < 1.29 is 23.4 Å². The van der Waals surface area contributed by atoms with Crippen LogP contribution in [-0.2, 0) is 0 Å². The summed E-state index contributed by atoms with van der Waals surface area (Å²) in [5, 5.41) is 11.5. The molecule has 0 aliphatic heterocycles. The predicted octanol–water partition coefficient (Wildman–Crippen LogP) is 1.91. The van der Waals surface area contributed by atoms with Gasteiger partial charge in [0.05, 0.1) is 11.9 Å². The van der Waals surface area contributed by atoms with E-state index in [9.17, 15) is 13.6 Å². The molecule has 0 saturated carbocycles. The highest BCUT2D eigenvalue weighted by Crippen LogP contribution is 2.16. The van der Waals surface area contributed by atoms with E-state index in [0.29, 0.717) is 5.69 Å². The molecule has 0 aliphatic carbocycles. The number of pyridine rings is 1. The first-order valence-corrected chi connectivity index (χ1v) is 5.29. The number of anilines is 2. The quantitative estimate of drug-likeness (QED) is 0.864. The number of hydrogen-bond donors (Lipinski definition) is 2. The second-order valence-electron chi connectivity index (χ2n) is 3.46. The summed E-state index contributed by atoms with van der Waals surface area (Å²) in [5.41, 5.74) is 0.224. The van der Waals surface area contributed by atoms with Crippen molar-refractivity contribution >= 4 is 17.6 Å². The molecule has 0 unspecified atom stereocenters. The number of aromatic carboxylic acids is 1. The SMILES string of the molecule is O=C(O)c1ccnc(Nc2ccc(OC(F)F)nc2)n1. The molecule has 0 aliphatic rings. The van der Waals surface area contributed by atoms with Crippen molar-refractivity contribution in [2.45, 2.75) is 6.61 Å². The molecular formula is C11H8F2N4O3. The molecule has 0 fully saturated rings. The first-order chi connectivity index (χ1) is 9.54. The molecule has 2 N–H and O–H groups in total. The van der Waals surface area contributed by atoms with Crippen LogP contribution in [-0.4, -0.2) is 32.6 Å². The Balaban J connectivity index is 2.10. The summed E-state index contributed by atoms with van der Waals surface area (Å²) in [5.74, 6) is -1.37. The number of nitrogens with one attached hydrogen (secondary N) is 1. The second-order valence-corrected chi connectivity index (χ2v) is 3.46. The lowest BCUT2D eigenvalue weighted by atomic mass is 10.4. The van der Waals surface area contributed by atoms with Gasteiger partial charge in [0.25, 0.3) is 0 Å². The molecule has 104 valence electrons. The molecule has 2 aromatic rings. The fourth-order valence-corrected chi connectivity index (χ4v) is 1.28. The van der Waals surface area contributed by atoms with E-state index in [-0.39, 0.29) is 17.5 Å². The van der Waals surface area contributed by atoms with Gasteiger partial charge in [-0.2, -0.15) is 8.78 Å². The topological polar surface area (TPSA) is 97.2 Å². The largest absolute Gasteiger partial charge is 0.477 e. The van der Waals surface area contributed by atoms with Gasteiger partial charge in [0, 0.05) is 12.3 Å². The molecule has 0 radical (unpaired) electrons. The summed E-state index contributed by atoms with van der Waals surface area (Å²) in [7, 11) is 0. The molecule has 20 heavy (non-hydrogen) atoms. The summed E-state index contributed by atoms with van der Waals surface area (Å²) in [6.07, 6.45) is 2.51. The van der Waals surface area contributed by atoms with E-state index in [4.69, 9.17) is 5.11 Å². The molecule has 0 spiro atoms. The number of carboxylic acid groups (broad SMARTS) is 1. The Labute approximate surface area is 111 Å². The van der Waals surface area contributed by atoms with Crippen LogP contribution in [0.2, 0.25) is 0 Å². The third-order valence-corrected chi connectivity index (χ3v) is 2.08. The van der Waals surface area contributed by atoms with E-state index < -0.39 is 12.6 Å². The lowest BCUT2D eigenvalue weighted by Gasteiger charge is -2.06. The summed E-state index contributed by atoms with van der Waals surface area (Å²) in [6.45, 7) is -2.95. The van der Waals surface area contributed by atoms with Gasteiger partial charge >= 0.3 is 12.6 Å². The summed E-state index contributed by atoms with van der Waals surface area (Å²) >= 11 is 0. The average molecular weight is 282 g/mol. The van der Waals surface area contributed by atoms with E-state index in [2.05, 4.69) is 25.0 Å². The monoisotopic (exact) mass is 282 g/mol. The van der Waals surface area contributed by atoms with Gasteiger partial charge in [-0.1, -0.05) is 0 Å². The molecule has 7 nitrogen and oxygen atoms in total. The van der Waals surface area contributed by atoms with Gasteiger partial charge in [0.2, 0.25) is 11.8 Å². The molecule has 0 aromatic carbocycles. The van der Waals surface area contributed by atoms with Gasteiger partial charge < -0.3 is 15.2 Å². The normalized spacial score (nSPS) is 10.3. The van der Waals surface area contributed by atoms with Crippen LogP contribution >= 0.6 is 0 Å². The minimum absolute atomic E-state index is 0.0502. The fourth-order valence-electron chi connectivity index (χ4n) is 1.28. The Bertz CT molecular complexity index is 607. The van der Waals surface area contributed by atoms with Crippen molar-refractivity contribution in [3.05, 3.63) is 36.3 Å². The highest BCUT2D eigenvalue weighted by Gasteiger charge is 2.08. The van der Waals surface area contributed by atoms with E-state index >= 15 is 0 Å². The molecule has 0 bridgehead atoms. The molecule has 2 rings (SSSR count). The van der Waals surface area contributed by atoms with E-state index in [1.807, 2.05) is 0 Å². The van der Waals surface area contributed by atoms with Crippen molar-refractivity contribution in [2.24, 2.45) is 0 Å². The first-order valence-electron chi connectivity index (χ1n) is 5.29. The zero-order valence-electron chi connectivity index (χ0n) is 9.83. The molecule has 0 amide bonds. The van der Waals surface area contributed by atoms with E-state index in [0.717, 1.165) is 0 Å². The Morgan fingerprint density at radius 3 is 2.70 bits per heavy atom. The molecular weight excluding hydrogens is 274 g/mol. The second kappa shape index (κ2) is 5.87. The van der Waals surface area contributed by atoms with Crippen LogP contribution in [0.5, 0.6) is 5.88 Å². The predicted molar refractivity (Wildman–Crippen MR) is 63.1 cm³/mol. The van der Waals surface area contributed by atoms with Crippen LogP contribution < -0.4 is 10.1 Å². The number of halogens is 2. The maximum atomic E-state index is 11.9. The zero-order chi connectivity index (χ0) is 14.5. The third kappa shape index (κ3) is 3.57. The zero-order valence-corrected chi connectivity index (χ0v) is 9.83. The fraction of sp³-hybridized carbons (Fsp3) is 0.0909. The van der Waals surface area contributed by atoms with E-state index in [1.54, 1.807) is 0 Å². The number of carboxylic acids is 1. The summed E-state index contributed by atoms with van der Waals surface area (Å²) in [6, 6.07) is 3.89. The number of hydrogen-bond acceptors (Lipinski definition) is 6. The smallest absolute Gasteiger partial charge is 0.388 e. The van der Waals surface area contributed by atoms with Crippen LogP contribution in [0.4, 0.5) is 20.4 Å². The van der Waals surface area contributed by atoms with Crippen LogP contribution in [0.25, 0.3) is 0 Å². The average Bonchev–Trinajstić information content (AvgIpc) is 2.41. The Morgan fingerprint density at radius 1 is 1.30 bits per heavy atom. The third-order valence-electron chi connectivity index (χ3n) is 2.08. The Morgan fingerprint density at radius 2 is 2.10 bits per heavy atom. The number of nitrogens with zero attached hydrogens (tertiary/aromatic N) is 3.